The maximum Gasteiger partial charge on any atom is 0.242 e. The molecule has 2 aromatic carbocycles. The summed E-state index contributed by atoms with van der Waals surface area (Å²) in [6, 6.07) is 8.86. The van der Waals surface area contributed by atoms with E-state index < -0.39 is 6.04 Å². The Morgan fingerprint density at radius 1 is 1.19 bits per heavy atom. The summed E-state index contributed by atoms with van der Waals surface area (Å²) in [5.41, 5.74) is 2.71. The summed E-state index contributed by atoms with van der Waals surface area (Å²) in [4.78, 5) is 24.0. The minimum absolute atomic E-state index is 0.0320. The third kappa shape index (κ3) is 5.27. The highest BCUT2D eigenvalue weighted by molar-refractivity contribution is 6.32. The molecule has 0 aromatic heterocycles. The molecule has 7 nitrogen and oxygen atoms in total. The smallest absolute Gasteiger partial charge is 0.242 e. The SMILES string of the molecule is COc1ccc(OC)c(-c2cc(Cl)c3c(c2)C[C@H](CNC(=O)[C@H](NC(C)=O)C(C)C)O3)c1. The van der Waals surface area contributed by atoms with Gasteiger partial charge in [-0.15, -0.1) is 0 Å². The van der Waals surface area contributed by atoms with Gasteiger partial charge in [-0.1, -0.05) is 25.4 Å². The number of amides is 2. The fourth-order valence-electron chi connectivity index (χ4n) is 3.77. The third-order valence-corrected chi connectivity index (χ3v) is 5.66. The molecule has 1 aliphatic heterocycles. The fraction of sp³-hybridized carbons (Fsp3) is 0.417. The van der Waals surface area contributed by atoms with E-state index in [9.17, 15) is 9.59 Å². The summed E-state index contributed by atoms with van der Waals surface area (Å²) < 4.78 is 16.9. The monoisotopic (exact) mass is 460 g/mol. The Hall–Kier alpha value is -2.93. The maximum atomic E-state index is 12.6. The summed E-state index contributed by atoms with van der Waals surface area (Å²) in [6.45, 7) is 5.48. The van der Waals surface area contributed by atoms with Gasteiger partial charge in [0.15, 0.2) is 0 Å². The van der Waals surface area contributed by atoms with E-state index in [2.05, 4.69) is 10.6 Å². The molecule has 0 fully saturated rings. The Bertz CT molecular complexity index is 1010. The summed E-state index contributed by atoms with van der Waals surface area (Å²) in [7, 11) is 3.23. The van der Waals surface area contributed by atoms with E-state index in [-0.39, 0.29) is 23.8 Å². The summed E-state index contributed by atoms with van der Waals surface area (Å²) in [6.07, 6.45) is 0.348. The first-order valence-corrected chi connectivity index (χ1v) is 10.9. The number of carbonyl (C=O) groups excluding carboxylic acids is 2. The van der Waals surface area contributed by atoms with Crippen LogP contribution in [0, 0.1) is 5.92 Å². The number of halogens is 1. The molecule has 2 N–H and O–H groups in total. The number of rotatable bonds is 8. The van der Waals surface area contributed by atoms with Crippen LogP contribution in [0.1, 0.15) is 26.3 Å². The molecule has 0 saturated carbocycles. The highest BCUT2D eigenvalue weighted by Gasteiger charge is 2.29. The molecule has 8 heteroatoms. The molecule has 0 radical (unpaired) electrons. The van der Waals surface area contributed by atoms with Crippen molar-refractivity contribution in [2.45, 2.75) is 39.3 Å². The van der Waals surface area contributed by atoms with Gasteiger partial charge in [0.25, 0.3) is 0 Å². The van der Waals surface area contributed by atoms with Crippen LogP contribution in [0.25, 0.3) is 11.1 Å². The first-order valence-electron chi connectivity index (χ1n) is 10.5. The number of methoxy groups -OCH3 is 2. The largest absolute Gasteiger partial charge is 0.497 e. The van der Waals surface area contributed by atoms with Crippen molar-refractivity contribution in [2.24, 2.45) is 5.92 Å². The topological polar surface area (TPSA) is 85.9 Å². The zero-order chi connectivity index (χ0) is 23.4. The van der Waals surface area contributed by atoms with Gasteiger partial charge in [0.1, 0.15) is 29.4 Å². The van der Waals surface area contributed by atoms with E-state index >= 15 is 0 Å². The molecule has 0 unspecified atom stereocenters. The molecule has 0 spiro atoms. The minimum Gasteiger partial charge on any atom is -0.497 e. The lowest BCUT2D eigenvalue weighted by molar-refractivity contribution is -0.129. The first-order chi connectivity index (χ1) is 15.2. The van der Waals surface area contributed by atoms with Crippen molar-refractivity contribution in [2.75, 3.05) is 20.8 Å². The van der Waals surface area contributed by atoms with Gasteiger partial charge >= 0.3 is 0 Å². The van der Waals surface area contributed by atoms with Crippen molar-refractivity contribution >= 4 is 23.4 Å². The van der Waals surface area contributed by atoms with E-state index in [1.807, 2.05) is 44.2 Å². The van der Waals surface area contributed by atoms with Crippen LogP contribution >= 0.6 is 11.6 Å². The van der Waals surface area contributed by atoms with Crippen LogP contribution in [-0.2, 0) is 16.0 Å². The standard InChI is InChI=1S/C24H29ClN2O5/c1-13(2)22(27-14(3)28)24(29)26-12-18-9-16-8-15(10-20(25)23(16)32-18)19-11-17(30-4)6-7-21(19)31-5/h6-8,10-11,13,18,22H,9,12H2,1-5H3,(H,26,29)(H,27,28)/t18-,22-/m1/s1. The van der Waals surface area contributed by atoms with Crippen LogP contribution < -0.4 is 24.8 Å². The molecule has 2 atom stereocenters. The van der Waals surface area contributed by atoms with Crippen LogP contribution in [0.4, 0.5) is 0 Å². The van der Waals surface area contributed by atoms with Crippen LogP contribution in [-0.4, -0.2) is 44.7 Å². The average molecular weight is 461 g/mol. The Morgan fingerprint density at radius 3 is 2.56 bits per heavy atom. The lowest BCUT2D eigenvalue weighted by Crippen LogP contribution is -2.50. The van der Waals surface area contributed by atoms with Gasteiger partial charge in [-0.05, 0) is 41.8 Å². The molecule has 0 saturated heterocycles. The van der Waals surface area contributed by atoms with Crippen LogP contribution in [0.2, 0.25) is 5.02 Å². The Kier molecular flexibility index (Phi) is 7.51. The van der Waals surface area contributed by atoms with E-state index in [4.69, 9.17) is 25.8 Å². The average Bonchev–Trinajstić information content (AvgIpc) is 3.18. The quantitative estimate of drug-likeness (QED) is 0.628. The third-order valence-electron chi connectivity index (χ3n) is 5.38. The predicted molar refractivity (Wildman–Crippen MR) is 124 cm³/mol. The van der Waals surface area contributed by atoms with Gasteiger partial charge in [-0.3, -0.25) is 9.59 Å². The second-order valence-electron chi connectivity index (χ2n) is 8.12. The van der Waals surface area contributed by atoms with Crippen molar-refractivity contribution in [1.29, 1.82) is 0 Å². The molecule has 32 heavy (non-hydrogen) atoms. The number of hydrogen-bond acceptors (Lipinski definition) is 5. The number of nitrogens with one attached hydrogen (secondary N) is 2. The molecular formula is C24H29ClN2O5. The molecule has 1 heterocycles. The van der Waals surface area contributed by atoms with Crippen LogP contribution in [0.5, 0.6) is 17.2 Å². The summed E-state index contributed by atoms with van der Waals surface area (Å²) in [5.74, 6) is 1.54. The summed E-state index contributed by atoms with van der Waals surface area (Å²) >= 11 is 6.54. The highest BCUT2D eigenvalue weighted by Crippen LogP contribution is 2.42. The molecule has 0 aliphatic carbocycles. The second kappa shape index (κ2) is 10.1. The van der Waals surface area contributed by atoms with E-state index in [1.165, 1.54) is 6.92 Å². The fourth-order valence-corrected chi connectivity index (χ4v) is 4.06. The van der Waals surface area contributed by atoms with Crippen molar-refractivity contribution in [1.82, 2.24) is 10.6 Å². The van der Waals surface area contributed by atoms with Crippen LogP contribution in [0.15, 0.2) is 30.3 Å². The lowest BCUT2D eigenvalue weighted by Gasteiger charge is -2.22. The summed E-state index contributed by atoms with van der Waals surface area (Å²) in [5, 5.41) is 6.07. The van der Waals surface area contributed by atoms with E-state index in [0.717, 1.165) is 16.7 Å². The zero-order valence-corrected chi connectivity index (χ0v) is 19.7. The zero-order valence-electron chi connectivity index (χ0n) is 19.0. The normalized spacial score (nSPS) is 15.5. The Balaban J connectivity index is 1.75. The van der Waals surface area contributed by atoms with Gasteiger partial charge in [-0.2, -0.15) is 0 Å². The highest BCUT2D eigenvalue weighted by atomic mass is 35.5. The molecular weight excluding hydrogens is 432 g/mol. The number of benzene rings is 2. The predicted octanol–water partition coefficient (Wildman–Crippen LogP) is 3.60. The number of ether oxygens (including phenoxy) is 3. The van der Waals surface area contributed by atoms with Crippen molar-refractivity contribution < 1.29 is 23.8 Å². The van der Waals surface area contributed by atoms with Crippen molar-refractivity contribution in [3.8, 4) is 28.4 Å². The molecule has 0 bridgehead atoms. The van der Waals surface area contributed by atoms with E-state index in [0.29, 0.717) is 35.2 Å². The lowest BCUT2D eigenvalue weighted by atomic mass is 9.99. The molecule has 3 rings (SSSR count). The maximum absolute atomic E-state index is 12.6. The number of fused-ring (bicyclic) bond motifs is 1. The number of hydrogen-bond donors (Lipinski definition) is 2. The molecule has 172 valence electrons. The van der Waals surface area contributed by atoms with Gasteiger partial charge in [0.05, 0.1) is 25.8 Å². The van der Waals surface area contributed by atoms with Gasteiger partial charge in [-0.25, -0.2) is 0 Å². The molecule has 2 aromatic rings. The van der Waals surface area contributed by atoms with E-state index in [1.54, 1.807) is 14.2 Å². The van der Waals surface area contributed by atoms with Crippen molar-refractivity contribution in [3.63, 3.8) is 0 Å². The minimum atomic E-state index is -0.591. The molecule has 2 amide bonds. The second-order valence-corrected chi connectivity index (χ2v) is 8.53. The Morgan fingerprint density at radius 2 is 1.94 bits per heavy atom. The Labute approximate surface area is 193 Å². The van der Waals surface area contributed by atoms with Gasteiger partial charge < -0.3 is 24.8 Å². The van der Waals surface area contributed by atoms with Gasteiger partial charge in [0, 0.05) is 24.5 Å². The van der Waals surface area contributed by atoms with Crippen LogP contribution in [0.3, 0.4) is 0 Å². The number of carbonyl (C=O) groups is 2. The molecule has 1 aliphatic rings. The van der Waals surface area contributed by atoms with Gasteiger partial charge in [0.2, 0.25) is 11.8 Å². The first kappa shape index (κ1) is 23.7. The van der Waals surface area contributed by atoms with Crippen molar-refractivity contribution in [3.05, 3.63) is 40.9 Å².